The summed E-state index contributed by atoms with van der Waals surface area (Å²) in [6.45, 7) is 5.49. The van der Waals surface area contributed by atoms with E-state index in [2.05, 4.69) is 46.5 Å². The first-order valence-corrected chi connectivity index (χ1v) is 6.86. The highest BCUT2D eigenvalue weighted by Gasteiger charge is 2.01. The molecule has 1 unspecified atom stereocenters. The molecule has 0 radical (unpaired) electrons. The van der Waals surface area contributed by atoms with Crippen molar-refractivity contribution in [3.63, 3.8) is 0 Å². The summed E-state index contributed by atoms with van der Waals surface area (Å²) in [5.74, 6) is 0. The SMILES string of the molecule is CCCCC(C)NCc1csc(Br)c1. The van der Waals surface area contributed by atoms with E-state index in [0.29, 0.717) is 6.04 Å². The van der Waals surface area contributed by atoms with Crippen molar-refractivity contribution in [3.05, 3.63) is 20.8 Å². The Kier molecular flexibility index (Phi) is 5.75. The van der Waals surface area contributed by atoms with Crippen LogP contribution in [0.25, 0.3) is 0 Å². The summed E-state index contributed by atoms with van der Waals surface area (Å²) in [4.78, 5) is 0. The van der Waals surface area contributed by atoms with Crippen LogP contribution in [0.1, 0.15) is 38.7 Å². The predicted octanol–water partition coefficient (Wildman–Crippen LogP) is 4.18. The van der Waals surface area contributed by atoms with Crippen molar-refractivity contribution in [2.24, 2.45) is 0 Å². The van der Waals surface area contributed by atoms with Crippen LogP contribution in [0.15, 0.2) is 15.2 Å². The Morgan fingerprint density at radius 1 is 1.57 bits per heavy atom. The van der Waals surface area contributed by atoms with Crippen LogP contribution in [0.4, 0.5) is 0 Å². The van der Waals surface area contributed by atoms with Gasteiger partial charge in [-0.3, -0.25) is 0 Å². The highest BCUT2D eigenvalue weighted by molar-refractivity contribution is 9.11. The fourth-order valence-electron chi connectivity index (χ4n) is 1.34. The van der Waals surface area contributed by atoms with E-state index in [1.165, 1.54) is 28.6 Å². The number of thiophene rings is 1. The largest absolute Gasteiger partial charge is 0.310 e. The van der Waals surface area contributed by atoms with E-state index in [9.17, 15) is 0 Å². The fourth-order valence-corrected chi connectivity index (χ4v) is 2.55. The summed E-state index contributed by atoms with van der Waals surface area (Å²) in [7, 11) is 0. The number of halogens is 1. The third-order valence-corrected chi connectivity index (χ3v) is 3.82. The van der Waals surface area contributed by atoms with E-state index in [-0.39, 0.29) is 0 Å². The minimum Gasteiger partial charge on any atom is -0.310 e. The third kappa shape index (κ3) is 4.58. The lowest BCUT2D eigenvalue weighted by molar-refractivity contribution is 0.495. The van der Waals surface area contributed by atoms with Crippen molar-refractivity contribution in [3.8, 4) is 0 Å². The van der Waals surface area contributed by atoms with Gasteiger partial charge in [0.2, 0.25) is 0 Å². The average molecular weight is 276 g/mol. The first kappa shape index (κ1) is 12.2. The molecule has 0 saturated carbocycles. The Hall–Kier alpha value is 0.140. The van der Waals surface area contributed by atoms with Crippen LogP contribution in [0.5, 0.6) is 0 Å². The van der Waals surface area contributed by atoms with E-state index >= 15 is 0 Å². The van der Waals surface area contributed by atoms with Gasteiger partial charge in [-0.15, -0.1) is 11.3 Å². The molecule has 1 aromatic heterocycles. The number of rotatable bonds is 6. The highest BCUT2D eigenvalue weighted by atomic mass is 79.9. The van der Waals surface area contributed by atoms with Gasteiger partial charge in [-0.2, -0.15) is 0 Å². The van der Waals surface area contributed by atoms with Crippen LogP contribution in [-0.4, -0.2) is 6.04 Å². The van der Waals surface area contributed by atoms with Gasteiger partial charge in [0.25, 0.3) is 0 Å². The minimum absolute atomic E-state index is 0.633. The van der Waals surface area contributed by atoms with Gasteiger partial charge in [0.1, 0.15) is 0 Å². The molecule has 1 nitrogen and oxygen atoms in total. The second kappa shape index (κ2) is 6.59. The van der Waals surface area contributed by atoms with Gasteiger partial charge in [-0.1, -0.05) is 19.8 Å². The van der Waals surface area contributed by atoms with Crippen molar-refractivity contribution < 1.29 is 0 Å². The lowest BCUT2D eigenvalue weighted by Crippen LogP contribution is -2.24. The van der Waals surface area contributed by atoms with E-state index in [0.717, 1.165) is 6.54 Å². The summed E-state index contributed by atoms with van der Waals surface area (Å²) < 4.78 is 1.22. The summed E-state index contributed by atoms with van der Waals surface area (Å²) in [5, 5.41) is 5.73. The quantitative estimate of drug-likeness (QED) is 0.822. The monoisotopic (exact) mass is 275 g/mol. The fraction of sp³-hybridized carbons (Fsp3) is 0.636. The molecule has 0 aliphatic carbocycles. The number of unbranched alkanes of at least 4 members (excludes halogenated alkanes) is 1. The third-order valence-electron chi connectivity index (χ3n) is 2.27. The molecule has 0 amide bonds. The minimum atomic E-state index is 0.633. The second-order valence-corrected chi connectivity index (χ2v) is 5.97. The molecule has 1 atom stereocenters. The molecule has 3 heteroatoms. The lowest BCUT2D eigenvalue weighted by Gasteiger charge is -2.12. The molecule has 1 rings (SSSR count). The Morgan fingerprint density at radius 2 is 2.36 bits per heavy atom. The standard InChI is InChI=1S/C11H18BrNS/c1-3-4-5-9(2)13-7-10-6-11(12)14-8-10/h6,8-9,13H,3-5,7H2,1-2H3. The number of nitrogens with one attached hydrogen (secondary N) is 1. The maximum Gasteiger partial charge on any atom is 0.0701 e. The molecule has 1 aromatic rings. The predicted molar refractivity (Wildman–Crippen MR) is 67.8 cm³/mol. The van der Waals surface area contributed by atoms with Crippen LogP contribution >= 0.6 is 27.3 Å². The van der Waals surface area contributed by atoms with Crippen LogP contribution in [0.3, 0.4) is 0 Å². The lowest BCUT2D eigenvalue weighted by atomic mass is 10.1. The van der Waals surface area contributed by atoms with Crippen molar-refractivity contribution in [2.45, 2.75) is 45.7 Å². The van der Waals surface area contributed by atoms with Gasteiger partial charge >= 0.3 is 0 Å². The van der Waals surface area contributed by atoms with Gasteiger partial charge in [-0.25, -0.2) is 0 Å². The molecular formula is C11H18BrNS. The maximum absolute atomic E-state index is 3.53. The molecule has 0 bridgehead atoms. The average Bonchev–Trinajstić information content (AvgIpc) is 2.58. The number of hydrogen-bond donors (Lipinski definition) is 1. The van der Waals surface area contributed by atoms with Crippen LogP contribution in [-0.2, 0) is 6.54 Å². The molecular weight excluding hydrogens is 258 g/mol. The highest BCUT2D eigenvalue weighted by Crippen LogP contribution is 2.20. The first-order valence-electron chi connectivity index (χ1n) is 5.18. The summed E-state index contributed by atoms with van der Waals surface area (Å²) in [5.41, 5.74) is 1.38. The Balaban J connectivity index is 2.20. The van der Waals surface area contributed by atoms with E-state index in [4.69, 9.17) is 0 Å². The zero-order valence-corrected chi connectivity index (χ0v) is 11.2. The van der Waals surface area contributed by atoms with Gasteiger partial charge < -0.3 is 5.32 Å². The van der Waals surface area contributed by atoms with Crippen LogP contribution < -0.4 is 5.32 Å². The summed E-state index contributed by atoms with van der Waals surface area (Å²) >= 11 is 5.22. The first-order chi connectivity index (χ1) is 6.72. The molecule has 0 fully saturated rings. The van der Waals surface area contributed by atoms with Crippen molar-refractivity contribution >= 4 is 27.3 Å². The van der Waals surface area contributed by atoms with Crippen molar-refractivity contribution in [1.29, 1.82) is 0 Å². The zero-order valence-electron chi connectivity index (χ0n) is 8.85. The van der Waals surface area contributed by atoms with Crippen molar-refractivity contribution in [2.75, 3.05) is 0 Å². The maximum atomic E-state index is 3.53. The summed E-state index contributed by atoms with van der Waals surface area (Å²) in [6.07, 6.45) is 3.89. The van der Waals surface area contributed by atoms with Crippen molar-refractivity contribution in [1.82, 2.24) is 5.32 Å². The molecule has 0 spiro atoms. The smallest absolute Gasteiger partial charge is 0.0701 e. The molecule has 1 heterocycles. The zero-order chi connectivity index (χ0) is 10.4. The van der Waals surface area contributed by atoms with Crippen LogP contribution in [0.2, 0.25) is 0 Å². The topological polar surface area (TPSA) is 12.0 Å². The normalized spacial score (nSPS) is 13.1. The molecule has 1 N–H and O–H groups in total. The summed E-state index contributed by atoms with van der Waals surface area (Å²) in [6, 6.07) is 2.82. The Bertz CT molecular complexity index is 260. The van der Waals surface area contributed by atoms with Crippen LogP contribution in [0, 0.1) is 0 Å². The molecule has 80 valence electrons. The Labute approximate surface area is 99.0 Å². The van der Waals surface area contributed by atoms with E-state index < -0.39 is 0 Å². The molecule has 0 aliphatic heterocycles. The molecule has 0 aromatic carbocycles. The van der Waals surface area contributed by atoms with E-state index in [1.54, 1.807) is 11.3 Å². The van der Waals surface area contributed by atoms with Gasteiger partial charge in [0.15, 0.2) is 0 Å². The Morgan fingerprint density at radius 3 is 2.93 bits per heavy atom. The molecule has 14 heavy (non-hydrogen) atoms. The molecule has 0 saturated heterocycles. The van der Waals surface area contributed by atoms with Gasteiger partial charge in [0, 0.05) is 12.6 Å². The van der Waals surface area contributed by atoms with Gasteiger partial charge in [-0.05, 0) is 46.3 Å². The van der Waals surface area contributed by atoms with E-state index in [1.807, 2.05) is 0 Å². The number of hydrogen-bond acceptors (Lipinski definition) is 2. The second-order valence-electron chi connectivity index (χ2n) is 3.68. The molecule has 0 aliphatic rings. The van der Waals surface area contributed by atoms with Gasteiger partial charge in [0.05, 0.1) is 3.79 Å².